The lowest BCUT2D eigenvalue weighted by atomic mass is 9.91. The minimum atomic E-state index is -0.705. The number of aromatic hydroxyl groups is 1. The monoisotopic (exact) mass is 753 g/mol. The minimum absolute atomic E-state index is 0. The molecule has 7 rings (SSSR count). The zero-order valence-corrected chi connectivity index (χ0v) is 30.8. The molecule has 2 amide bonds. The molecule has 5 aromatic rings. The zero-order chi connectivity index (χ0) is 36.5. The number of aromatic amines is 1. The molecule has 2 aliphatic rings. The summed E-state index contributed by atoms with van der Waals surface area (Å²) in [6.45, 7) is 7.70. The fourth-order valence-electron chi connectivity index (χ4n) is 7.31. The number of amides is 2. The van der Waals surface area contributed by atoms with Crippen molar-refractivity contribution in [2.75, 3.05) is 37.7 Å². The Hall–Kier alpha value is -5.18. The number of ether oxygens (including phenoxy) is 1. The van der Waals surface area contributed by atoms with Gasteiger partial charge in [0.1, 0.15) is 17.6 Å². The van der Waals surface area contributed by atoms with Crippen LogP contribution in [0.5, 0.6) is 5.75 Å². The van der Waals surface area contributed by atoms with Gasteiger partial charge >= 0.3 is 0 Å². The number of hydrogen-bond donors (Lipinski definition) is 2. The van der Waals surface area contributed by atoms with Gasteiger partial charge in [-0.1, -0.05) is 35.9 Å². The van der Waals surface area contributed by atoms with Crippen LogP contribution in [0.3, 0.4) is 0 Å². The summed E-state index contributed by atoms with van der Waals surface area (Å²) in [6.07, 6.45) is 0.728. The summed E-state index contributed by atoms with van der Waals surface area (Å²) in [5.41, 5.74) is 5.83. The number of fused-ring (bicyclic) bond motifs is 1. The summed E-state index contributed by atoms with van der Waals surface area (Å²) < 4.78 is 20.0. The Balaban J connectivity index is 0.00000481. The second-order valence-corrected chi connectivity index (χ2v) is 13.7. The molecule has 3 heterocycles. The molecule has 0 aliphatic carbocycles. The average molecular weight is 755 g/mol. The molecule has 9 nitrogen and oxygen atoms in total. The number of nitriles is 1. The highest BCUT2D eigenvalue weighted by molar-refractivity contribution is 6.31. The first-order valence-electron chi connectivity index (χ1n) is 17.1. The predicted molar refractivity (Wildman–Crippen MR) is 205 cm³/mol. The summed E-state index contributed by atoms with van der Waals surface area (Å²) >= 11 is 6.60. The van der Waals surface area contributed by atoms with Crippen LogP contribution in [-0.2, 0) is 17.7 Å². The number of benzene rings is 4. The third-order valence-corrected chi connectivity index (χ3v) is 10.2. The summed E-state index contributed by atoms with van der Waals surface area (Å²) in [5, 5.41) is 20.0. The van der Waals surface area contributed by atoms with E-state index in [4.69, 9.17) is 16.3 Å². The number of nitrogens with zero attached hydrogens (tertiary/aromatic N) is 4. The summed E-state index contributed by atoms with van der Waals surface area (Å²) in [4.78, 5) is 38.5. The van der Waals surface area contributed by atoms with Crippen LogP contribution in [0.15, 0.2) is 84.9 Å². The molecule has 272 valence electrons. The first-order chi connectivity index (χ1) is 25.1. The van der Waals surface area contributed by atoms with E-state index in [1.54, 1.807) is 44.2 Å². The van der Waals surface area contributed by atoms with Crippen molar-refractivity contribution >= 4 is 47.2 Å². The molecular formula is C41H38Cl2FN5O4. The van der Waals surface area contributed by atoms with Crippen LogP contribution in [0.25, 0.3) is 11.3 Å². The van der Waals surface area contributed by atoms with Crippen molar-refractivity contribution in [3.8, 4) is 23.1 Å². The van der Waals surface area contributed by atoms with Crippen molar-refractivity contribution in [2.24, 2.45) is 0 Å². The Morgan fingerprint density at radius 1 is 1.00 bits per heavy atom. The van der Waals surface area contributed by atoms with Crippen LogP contribution in [0.2, 0.25) is 5.02 Å². The predicted octanol–water partition coefficient (Wildman–Crippen LogP) is 7.97. The number of anilines is 2. The number of nitrogens with one attached hydrogen (secondary N) is 1. The topological polar surface area (TPSA) is 113 Å². The number of H-pyrrole nitrogens is 1. The van der Waals surface area contributed by atoms with E-state index < -0.39 is 11.7 Å². The third kappa shape index (κ3) is 7.52. The van der Waals surface area contributed by atoms with Crippen molar-refractivity contribution in [3.63, 3.8) is 0 Å². The number of aryl methyl sites for hydroxylation is 1. The van der Waals surface area contributed by atoms with Crippen molar-refractivity contribution < 1.29 is 23.8 Å². The Morgan fingerprint density at radius 2 is 1.70 bits per heavy atom. The Labute approximate surface area is 318 Å². The van der Waals surface area contributed by atoms with Crippen LogP contribution in [0, 0.1) is 31.0 Å². The van der Waals surface area contributed by atoms with E-state index in [0.717, 1.165) is 37.7 Å². The number of rotatable bonds is 7. The number of hydrogen-bond acceptors (Lipinski definition) is 6. The molecule has 2 aliphatic heterocycles. The van der Waals surface area contributed by atoms with E-state index in [1.807, 2.05) is 23.1 Å². The van der Waals surface area contributed by atoms with Gasteiger partial charge in [-0.3, -0.25) is 19.4 Å². The van der Waals surface area contributed by atoms with Gasteiger partial charge in [-0.15, -0.1) is 12.4 Å². The van der Waals surface area contributed by atoms with Gasteiger partial charge in [-0.25, -0.2) is 4.39 Å². The van der Waals surface area contributed by atoms with Crippen LogP contribution in [0.4, 0.5) is 15.8 Å². The molecule has 1 fully saturated rings. The zero-order valence-electron chi connectivity index (χ0n) is 29.2. The van der Waals surface area contributed by atoms with Crippen molar-refractivity contribution in [3.05, 3.63) is 135 Å². The maximum absolute atomic E-state index is 14.8. The fourth-order valence-corrected chi connectivity index (χ4v) is 7.48. The molecular weight excluding hydrogens is 716 g/mol. The van der Waals surface area contributed by atoms with E-state index in [-0.39, 0.29) is 41.4 Å². The van der Waals surface area contributed by atoms with Crippen molar-refractivity contribution in [1.82, 2.24) is 14.8 Å². The highest BCUT2D eigenvalue weighted by atomic mass is 35.5. The lowest BCUT2D eigenvalue weighted by Crippen LogP contribution is -2.52. The minimum Gasteiger partial charge on any atom is -0.508 e. The second kappa shape index (κ2) is 15.8. The van der Waals surface area contributed by atoms with Gasteiger partial charge < -0.3 is 19.7 Å². The number of halogens is 3. The van der Waals surface area contributed by atoms with E-state index in [9.17, 15) is 24.3 Å². The molecule has 1 atom stereocenters. The molecule has 2 N–H and O–H groups in total. The van der Waals surface area contributed by atoms with Crippen molar-refractivity contribution in [1.29, 1.82) is 5.26 Å². The summed E-state index contributed by atoms with van der Waals surface area (Å²) in [7, 11) is 0. The quantitative estimate of drug-likeness (QED) is 0.174. The average Bonchev–Trinajstić information content (AvgIpc) is 3.45. The first-order valence-corrected chi connectivity index (χ1v) is 17.5. The molecule has 1 saturated heterocycles. The Morgan fingerprint density at radius 3 is 2.42 bits per heavy atom. The molecule has 0 unspecified atom stereocenters. The molecule has 0 bridgehead atoms. The molecule has 53 heavy (non-hydrogen) atoms. The number of carbonyl (C=O) groups excluding carboxylic acids is 2. The van der Waals surface area contributed by atoms with E-state index in [0.29, 0.717) is 64.1 Å². The SMILES string of the molecule is Cc1[nH]c(-c2cc(Cl)ccc2C(=O)N2Cc3ccccc3C[C@H]2CN2CCOCC2)c(C)c1C(=O)N(c1ccc(O)cc1)c1ccc(F)c(C#N)c1.Cl. The number of aromatic nitrogens is 1. The molecule has 0 saturated carbocycles. The van der Waals surface area contributed by atoms with Crippen LogP contribution >= 0.6 is 24.0 Å². The van der Waals surface area contributed by atoms with Gasteiger partial charge in [-0.05, 0) is 97.6 Å². The lowest BCUT2D eigenvalue weighted by molar-refractivity contribution is 0.0193. The molecule has 0 spiro atoms. The van der Waals surface area contributed by atoms with Gasteiger partial charge in [0.2, 0.25) is 0 Å². The van der Waals surface area contributed by atoms with Crippen LogP contribution in [0.1, 0.15) is 48.7 Å². The van der Waals surface area contributed by atoms with Gasteiger partial charge in [-0.2, -0.15) is 5.26 Å². The molecule has 0 radical (unpaired) electrons. The number of carbonyl (C=O) groups is 2. The van der Waals surface area contributed by atoms with Gasteiger partial charge in [0.25, 0.3) is 11.8 Å². The maximum Gasteiger partial charge on any atom is 0.264 e. The summed E-state index contributed by atoms with van der Waals surface area (Å²) in [6, 6.07) is 25.1. The first kappa shape index (κ1) is 37.6. The van der Waals surface area contributed by atoms with Gasteiger partial charge in [0, 0.05) is 59.8 Å². The van der Waals surface area contributed by atoms with Crippen LogP contribution < -0.4 is 4.90 Å². The molecule has 12 heteroatoms. The van der Waals surface area contributed by atoms with Crippen LogP contribution in [-0.4, -0.2) is 70.6 Å². The standard InChI is InChI=1S/C41H37ClFN5O4.ClH/c1-25-38(41(51)48(31-8-11-34(49)12-9-31)32-10-14-37(43)29(20-32)22-44)26(2)45-39(25)36-21-30(42)7-13-35(36)40(50)47-23-28-6-4-3-5-27(28)19-33(47)24-46-15-17-52-18-16-46;/h3-14,20-21,33,45,49H,15-19,23-24H2,1-2H3;1H/t33-;/m0./s1. The highest BCUT2D eigenvalue weighted by Crippen LogP contribution is 2.37. The van der Waals surface area contributed by atoms with E-state index in [1.165, 1.54) is 34.7 Å². The third-order valence-electron chi connectivity index (χ3n) is 9.96. The number of phenols is 1. The Kier molecular flexibility index (Phi) is 11.2. The van der Waals surface area contributed by atoms with E-state index >= 15 is 0 Å². The Bertz CT molecular complexity index is 2210. The normalized spacial score (nSPS) is 15.6. The molecule has 1 aromatic heterocycles. The number of morpholine rings is 1. The smallest absolute Gasteiger partial charge is 0.264 e. The van der Waals surface area contributed by atoms with E-state index in [2.05, 4.69) is 22.0 Å². The highest BCUT2D eigenvalue weighted by Gasteiger charge is 2.34. The van der Waals surface area contributed by atoms with Gasteiger partial charge in [0.05, 0.1) is 35.7 Å². The second-order valence-electron chi connectivity index (χ2n) is 13.2. The van der Waals surface area contributed by atoms with Gasteiger partial charge in [0.15, 0.2) is 0 Å². The van der Waals surface area contributed by atoms with Crippen molar-refractivity contribution in [2.45, 2.75) is 32.9 Å². The summed E-state index contributed by atoms with van der Waals surface area (Å²) in [5.74, 6) is -1.29. The number of phenolic OH excluding ortho intramolecular Hbond substituents is 1. The molecule has 4 aromatic carbocycles. The lowest BCUT2D eigenvalue weighted by Gasteiger charge is -2.40. The maximum atomic E-state index is 14.8. The fraction of sp³-hybridized carbons (Fsp3) is 0.244. The largest absolute Gasteiger partial charge is 0.508 e.